The minimum absolute atomic E-state index is 0.0391. The van der Waals surface area contributed by atoms with Crippen molar-refractivity contribution in [3.8, 4) is 11.3 Å². The Kier molecular flexibility index (Phi) is 3.24. The van der Waals surface area contributed by atoms with Gasteiger partial charge in [0.25, 0.3) is 0 Å². The lowest BCUT2D eigenvalue weighted by atomic mass is 9.90. The van der Waals surface area contributed by atoms with Crippen LogP contribution in [0.4, 0.5) is 0 Å². The summed E-state index contributed by atoms with van der Waals surface area (Å²) in [6.07, 6.45) is 3.53. The number of nitrogens with two attached hydrogens (primary N) is 2. The average molecular weight is 315 g/mol. The van der Waals surface area contributed by atoms with Crippen molar-refractivity contribution < 1.29 is 0 Å². The number of hydrogen-bond donors (Lipinski definition) is 3. The number of benzene rings is 2. The molecule has 1 aliphatic carbocycles. The van der Waals surface area contributed by atoms with Crippen LogP contribution in [0.15, 0.2) is 82.9 Å². The minimum Gasteiger partial charge on any atom is -0.401 e. The standard InChI is InChI=1S/C20H17N3O/c21-14-10-11-15(22)17(14)18-19(12-6-2-1-3-7-12)23-16-9-5-4-8-13(16)20(18)24/h1-11,17H,21-22H2,(H,23,24). The van der Waals surface area contributed by atoms with Crippen LogP contribution in [0.3, 0.4) is 0 Å². The number of aromatic amines is 1. The first kappa shape index (κ1) is 14.3. The summed E-state index contributed by atoms with van der Waals surface area (Å²) in [4.78, 5) is 16.6. The second-order valence-corrected chi connectivity index (χ2v) is 5.92. The summed E-state index contributed by atoms with van der Waals surface area (Å²) in [7, 11) is 0. The van der Waals surface area contributed by atoms with Gasteiger partial charge in [-0.25, -0.2) is 0 Å². The smallest absolute Gasteiger partial charge is 0.194 e. The van der Waals surface area contributed by atoms with Gasteiger partial charge in [0.15, 0.2) is 5.43 Å². The van der Waals surface area contributed by atoms with Crippen LogP contribution in [0.2, 0.25) is 0 Å². The van der Waals surface area contributed by atoms with E-state index >= 15 is 0 Å². The van der Waals surface area contributed by atoms with E-state index in [0.29, 0.717) is 22.3 Å². The predicted octanol–water partition coefficient (Wildman–Crippen LogP) is 2.98. The third-order valence-electron chi connectivity index (χ3n) is 4.43. The van der Waals surface area contributed by atoms with E-state index in [2.05, 4.69) is 4.98 Å². The number of H-pyrrole nitrogens is 1. The summed E-state index contributed by atoms with van der Waals surface area (Å²) < 4.78 is 0. The van der Waals surface area contributed by atoms with Crippen molar-refractivity contribution in [2.75, 3.05) is 0 Å². The van der Waals surface area contributed by atoms with E-state index in [4.69, 9.17) is 11.5 Å². The third-order valence-corrected chi connectivity index (χ3v) is 4.43. The van der Waals surface area contributed by atoms with Gasteiger partial charge in [-0.3, -0.25) is 4.79 Å². The van der Waals surface area contributed by atoms with Crippen molar-refractivity contribution in [3.63, 3.8) is 0 Å². The van der Waals surface area contributed by atoms with Gasteiger partial charge in [-0.1, -0.05) is 42.5 Å². The Labute approximate surface area is 139 Å². The fraction of sp³-hybridized carbons (Fsp3) is 0.0500. The fourth-order valence-electron chi connectivity index (χ4n) is 3.27. The topological polar surface area (TPSA) is 84.9 Å². The number of rotatable bonds is 2. The first-order chi connectivity index (χ1) is 11.7. The van der Waals surface area contributed by atoms with Gasteiger partial charge in [0, 0.05) is 27.9 Å². The molecule has 4 nitrogen and oxygen atoms in total. The molecule has 0 fully saturated rings. The highest BCUT2D eigenvalue weighted by atomic mass is 16.1. The van der Waals surface area contributed by atoms with Crippen molar-refractivity contribution in [1.29, 1.82) is 0 Å². The van der Waals surface area contributed by atoms with Crippen molar-refractivity contribution in [2.45, 2.75) is 5.92 Å². The van der Waals surface area contributed by atoms with Crippen molar-refractivity contribution >= 4 is 10.9 Å². The molecule has 0 saturated heterocycles. The van der Waals surface area contributed by atoms with E-state index in [1.165, 1.54) is 0 Å². The Balaban J connectivity index is 2.10. The van der Waals surface area contributed by atoms with Gasteiger partial charge in [0.2, 0.25) is 0 Å². The van der Waals surface area contributed by atoms with Crippen molar-refractivity contribution in [1.82, 2.24) is 4.98 Å². The van der Waals surface area contributed by atoms with E-state index in [1.807, 2.05) is 54.6 Å². The summed E-state index contributed by atoms with van der Waals surface area (Å²) in [5, 5.41) is 0.639. The van der Waals surface area contributed by atoms with Crippen LogP contribution in [0.25, 0.3) is 22.2 Å². The molecule has 0 bridgehead atoms. The summed E-state index contributed by atoms with van der Waals surface area (Å²) >= 11 is 0. The van der Waals surface area contributed by atoms with Crippen LogP contribution >= 0.6 is 0 Å². The molecule has 2 aromatic carbocycles. The predicted molar refractivity (Wildman–Crippen MR) is 97.3 cm³/mol. The molecule has 3 aromatic rings. The van der Waals surface area contributed by atoms with E-state index in [9.17, 15) is 4.79 Å². The SMILES string of the molecule is NC1=CC=C(N)C1c1c(-c2ccccc2)[nH]c2ccccc2c1=O. The van der Waals surface area contributed by atoms with Gasteiger partial charge < -0.3 is 16.5 Å². The molecule has 1 heterocycles. The van der Waals surface area contributed by atoms with Gasteiger partial charge >= 0.3 is 0 Å². The fourth-order valence-corrected chi connectivity index (χ4v) is 3.27. The zero-order valence-electron chi connectivity index (χ0n) is 13.0. The van der Waals surface area contributed by atoms with Crippen LogP contribution in [-0.2, 0) is 0 Å². The molecule has 0 aliphatic heterocycles. The molecule has 1 aromatic heterocycles. The Morgan fingerprint density at radius 2 is 1.46 bits per heavy atom. The molecule has 0 saturated carbocycles. The van der Waals surface area contributed by atoms with Gasteiger partial charge in [-0.15, -0.1) is 0 Å². The first-order valence-electron chi connectivity index (χ1n) is 7.80. The maximum Gasteiger partial charge on any atom is 0.194 e. The lowest BCUT2D eigenvalue weighted by molar-refractivity contribution is 0.901. The maximum absolute atomic E-state index is 13.2. The van der Waals surface area contributed by atoms with Crippen LogP contribution < -0.4 is 16.9 Å². The number of fused-ring (bicyclic) bond motifs is 1. The van der Waals surface area contributed by atoms with Crippen LogP contribution in [0, 0.1) is 0 Å². The molecule has 0 amide bonds. The zero-order valence-corrected chi connectivity index (χ0v) is 13.0. The van der Waals surface area contributed by atoms with Crippen LogP contribution in [-0.4, -0.2) is 4.98 Å². The number of nitrogens with one attached hydrogen (secondary N) is 1. The largest absolute Gasteiger partial charge is 0.401 e. The average Bonchev–Trinajstić information content (AvgIpc) is 2.94. The summed E-state index contributed by atoms with van der Waals surface area (Å²) in [6.45, 7) is 0. The van der Waals surface area contributed by atoms with E-state index in [1.54, 1.807) is 12.2 Å². The summed E-state index contributed by atoms with van der Waals surface area (Å²) in [6, 6.07) is 17.3. The number of hydrogen-bond acceptors (Lipinski definition) is 3. The Morgan fingerprint density at radius 3 is 2.17 bits per heavy atom. The molecule has 5 N–H and O–H groups in total. The number of aromatic nitrogens is 1. The van der Waals surface area contributed by atoms with E-state index < -0.39 is 5.92 Å². The molecule has 118 valence electrons. The van der Waals surface area contributed by atoms with E-state index in [-0.39, 0.29) is 5.43 Å². The number of para-hydroxylation sites is 1. The van der Waals surface area contributed by atoms with Gasteiger partial charge in [0.1, 0.15) is 0 Å². The minimum atomic E-state index is -0.395. The molecular weight excluding hydrogens is 298 g/mol. The monoisotopic (exact) mass is 315 g/mol. The quantitative estimate of drug-likeness (QED) is 0.679. The van der Waals surface area contributed by atoms with E-state index in [0.717, 1.165) is 16.8 Å². The van der Waals surface area contributed by atoms with Gasteiger partial charge in [0.05, 0.1) is 11.6 Å². The third kappa shape index (κ3) is 2.12. The van der Waals surface area contributed by atoms with Crippen LogP contribution in [0.5, 0.6) is 0 Å². The van der Waals surface area contributed by atoms with Crippen LogP contribution in [0.1, 0.15) is 11.5 Å². The van der Waals surface area contributed by atoms with Gasteiger partial charge in [-0.05, 0) is 29.8 Å². The first-order valence-corrected chi connectivity index (χ1v) is 7.80. The van der Waals surface area contributed by atoms with Crippen molar-refractivity contribution in [3.05, 3.63) is 93.9 Å². The van der Waals surface area contributed by atoms with Gasteiger partial charge in [-0.2, -0.15) is 0 Å². The summed E-state index contributed by atoms with van der Waals surface area (Å²) in [5.74, 6) is -0.395. The highest BCUT2D eigenvalue weighted by molar-refractivity contribution is 5.84. The molecule has 0 spiro atoms. The molecule has 1 aliphatic rings. The zero-order chi connectivity index (χ0) is 16.7. The maximum atomic E-state index is 13.2. The lowest BCUT2D eigenvalue weighted by Crippen LogP contribution is -2.23. The number of allylic oxidation sites excluding steroid dienone is 2. The molecular formula is C20H17N3O. The second kappa shape index (κ2) is 5.42. The Bertz CT molecular complexity index is 1030. The molecule has 4 rings (SSSR count). The Hall–Kier alpha value is -3.27. The lowest BCUT2D eigenvalue weighted by Gasteiger charge is -2.19. The normalized spacial score (nSPS) is 14.7. The number of pyridine rings is 1. The highest BCUT2D eigenvalue weighted by Gasteiger charge is 2.28. The summed E-state index contributed by atoms with van der Waals surface area (Å²) in [5.41, 5.74) is 16.5. The molecule has 24 heavy (non-hydrogen) atoms. The molecule has 0 unspecified atom stereocenters. The Morgan fingerprint density at radius 1 is 0.833 bits per heavy atom. The molecule has 4 heteroatoms. The second-order valence-electron chi connectivity index (χ2n) is 5.92. The molecule has 0 radical (unpaired) electrons. The molecule has 0 atom stereocenters. The van der Waals surface area contributed by atoms with Crippen molar-refractivity contribution in [2.24, 2.45) is 11.5 Å². The highest BCUT2D eigenvalue weighted by Crippen LogP contribution is 2.35.